The first kappa shape index (κ1) is 15.6. The van der Waals surface area contributed by atoms with E-state index in [1.165, 1.54) is 0 Å². The van der Waals surface area contributed by atoms with Gasteiger partial charge in [0.1, 0.15) is 23.4 Å². The molecule has 6 heteroatoms. The first-order chi connectivity index (χ1) is 11.2. The molecular weight excluding hydrogens is 294 g/mol. The van der Waals surface area contributed by atoms with Crippen LogP contribution in [0.5, 0.6) is 0 Å². The van der Waals surface area contributed by atoms with Crippen LogP contribution in [0.25, 0.3) is 0 Å². The number of furan rings is 1. The lowest BCUT2D eigenvalue weighted by atomic mass is 10.2. The van der Waals surface area contributed by atoms with Gasteiger partial charge in [0.05, 0.1) is 13.2 Å². The Balaban J connectivity index is 1.76. The number of ether oxygens (including phenoxy) is 1. The summed E-state index contributed by atoms with van der Waals surface area (Å²) >= 11 is 0. The van der Waals surface area contributed by atoms with Gasteiger partial charge in [-0.1, -0.05) is 13.0 Å². The molecule has 1 N–H and O–H groups in total. The predicted octanol–water partition coefficient (Wildman–Crippen LogP) is 3.15. The maximum atomic E-state index is 12.6. The maximum Gasteiger partial charge on any atom is 0.323 e. The number of hydrogen-bond acceptors (Lipinski definition) is 4. The Morgan fingerprint density at radius 2 is 2.26 bits per heavy atom. The Morgan fingerprint density at radius 1 is 1.39 bits per heavy atom. The number of nitrogens with zero attached hydrogens (tertiary/aromatic N) is 2. The number of carbonyl (C=O) groups is 1. The summed E-state index contributed by atoms with van der Waals surface area (Å²) < 4.78 is 11.3. The molecule has 1 unspecified atom stereocenters. The number of urea groups is 1. The summed E-state index contributed by atoms with van der Waals surface area (Å²) in [6.45, 7) is 5.40. The van der Waals surface area contributed by atoms with E-state index in [4.69, 9.17) is 9.15 Å². The first-order valence-electron chi connectivity index (χ1n) is 7.85. The van der Waals surface area contributed by atoms with Crippen molar-refractivity contribution in [1.82, 2.24) is 9.88 Å². The Hall–Kier alpha value is -2.34. The summed E-state index contributed by atoms with van der Waals surface area (Å²) in [5.41, 5.74) is 0.861. The van der Waals surface area contributed by atoms with E-state index < -0.39 is 0 Å². The highest BCUT2D eigenvalue weighted by atomic mass is 16.5. The van der Waals surface area contributed by atoms with Gasteiger partial charge in [-0.3, -0.25) is 5.32 Å². The van der Waals surface area contributed by atoms with Crippen molar-refractivity contribution in [2.45, 2.75) is 26.3 Å². The quantitative estimate of drug-likeness (QED) is 0.945. The van der Waals surface area contributed by atoms with E-state index in [0.717, 1.165) is 23.6 Å². The van der Waals surface area contributed by atoms with E-state index in [0.29, 0.717) is 25.6 Å². The lowest BCUT2D eigenvalue weighted by Gasteiger charge is -2.34. The zero-order valence-corrected chi connectivity index (χ0v) is 13.4. The summed E-state index contributed by atoms with van der Waals surface area (Å²) in [6, 6.07) is 9.00. The number of carbonyl (C=O) groups excluding carboxylic acids is 1. The van der Waals surface area contributed by atoms with Gasteiger partial charge in [0.15, 0.2) is 0 Å². The number of aryl methyl sites for hydroxylation is 2. The zero-order chi connectivity index (χ0) is 16.2. The van der Waals surface area contributed by atoms with E-state index in [1.807, 2.05) is 38.1 Å². The largest absolute Gasteiger partial charge is 0.464 e. The molecule has 3 rings (SSSR count). The third kappa shape index (κ3) is 3.53. The van der Waals surface area contributed by atoms with Gasteiger partial charge >= 0.3 is 6.03 Å². The van der Waals surface area contributed by atoms with Gasteiger partial charge in [0.25, 0.3) is 0 Å². The average Bonchev–Trinajstić information content (AvgIpc) is 3.04. The minimum atomic E-state index is -0.214. The molecule has 0 aromatic carbocycles. The molecular formula is C17H21N3O3. The minimum Gasteiger partial charge on any atom is -0.464 e. The summed E-state index contributed by atoms with van der Waals surface area (Å²) in [5.74, 6) is 2.22. The molecule has 1 fully saturated rings. The molecule has 1 aliphatic rings. The Morgan fingerprint density at radius 3 is 3.00 bits per heavy atom. The highest BCUT2D eigenvalue weighted by molar-refractivity contribution is 5.88. The number of morpholine rings is 1. The van der Waals surface area contributed by atoms with Crippen LogP contribution in [0.1, 0.15) is 30.2 Å². The summed E-state index contributed by atoms with van der Waals surface area (Å²) in [4.78, 5) is 18.7. The van der Waals surface area contributed by atoms with Crippen molar-refractivity contribution in [3.8, 4) is 0 Å². The van der Waals surface area contributed by atoms with Crippen LogP contribution >= 0.6 is 0 Å². The van der Waals surface area contributed by atoms with E-state index in [2.05, 4.69) is 10.3 Å². The van der Waals surface area contributed by atoms with Crippen molar-refractivity contribution < 1.29 is 13.9 Å². The number of hydrogen-bond donors (Lipinski definition) is 1. The lowest BCUT2D eigenvalue weighted by molar-refractivity contribution is 0.00700. The zero-order valence-electron chi connectivity index (χ0n) is 13.4. The molecule has 0 bridgehead atoms. The van der Waals surface area contributed by atoms with Crippen molar-refractivity contribution >= 4 is 11.8 Å². The van der Waals surface area contributed by atoms with E-state index in [-0.39, 0.29) is 12.1 Å². The minimum absolute atomic E-state index is 0.189. The molecule has 1 saturated heterocycles. The lowest BCUT2D eigenvalue weighted by Crippen LogP contribution is -2.45. The molecule has 122 valence electrons. The van der Waals surface area contributed by atoms with Crippen molar-refractivity contribution in [1.29, 1.82) is 0 Å². The maximum absolute atomic E-state index is 12.6. The molecule has 6 nitrogen and oxygen atoms in total. The second kappa shape index (κ2) is 6.83. The topological polar surface area (TPSA) is 67.6 Å². The van der Waals surface area contributed by atoms with Gasteiger partial charge in [-0.25, -0.2) is 9.78 Å². The van der Waals surface area contributed by atoms with E-state index >= 15 is 0 Å². The van der Waals surface area contributed by atoms with Crippen LogP contribution in [0, 0.1) is 6.92 Å². The number of amides is 2. The van der Waals surface area contributed by atoms with Gasteiger partial charge < -0.3 is 14.1 Å². The summed E-state index contributed by atoms with van der Waals surface area (Å²) in [6.07, 6.45) is 0.826. The third-order valence-electron chi connectivity index (χ3n) is 3.87. The van der Waals surface area contributed by atoms with Gasteiger partial charge in [-0.05, 0) is 31.2 Å². The van der Waals surface area contributed by atoms with Crippen molar-refractivity contribution in [3.63, 3.8) is 0 Å². The Bertz CT molecular complexity index is 683. The van der Waals surface area contributed by atoms with Crippen LogP contribution in [0.15, 0.2) is 34.7 Å². The second-order valence-corrected chi connectivity index (χ2v) is 5.54. The molecule has 3 heterocycles. The molecule has 2 amide bonds. The van der Waals surface area contributed by atoms with E-state index in [1.54, 1.807) is 11.0 Å². The molecule has 0 radical (unpaired) electrons. The van der Waals surface area contributed by atoms with Crippen molar-refractivity contribution in [3.05, 3.63) is 47.5 Å². The molecule has 0 aliphatic carbocycles. The van der Waals surface area contributed by atoms with Crippen molar-refractivity contribution in [2.24, 2.45) is 0 Å². The standard InChI is InChI=1S/C17H21N3O3/c1-3-13-7-8-15(23-13)14-11-22-10-9-20(14)17(21)19-16-6-4-5-12(2)18-16/h4-8,14H,3,9-11H2,1-2H3,(H,18,19,21). The predicted molar refractivity (Wildman–Crippen MR) is 86.3 cm³/mol. The molecule has 2 aromatic rings. The fourth-order valence-electron chi connectivity index (χ4n) is 2.64. The van der Waals surface area contributed by atoms with Crippen LogP contribution < -0.4 is 5.32 Å². The van der Waals surface area contributed by atoms with Crippen LogP contribution in [-0.2, 0) is 11.2 Å². The Kier molecular flexibility index (Phi) is 4.62. The fraction of sp³-hybridized carbons (Fsp3) is 0.412. The fourth-order valence-corrected chi connectivity index (χ4v) is 2.64. The third-order valence-corrected chi connectivity index (χ3v) is 3.87. The summed E-state index contributed by atoms with van der Waals surface area (Å²) in [7, 11) is 0. The van der Waals surface area contributed by atoms with E-state index in [9.17, 15) is 4.79 Å². The number of anilines is 1. The van der Waals surface area contributed by atoms with Gasteiger partial charge in [0.2, 0.25) is 0 Å². The molecule has 0 saturated carbocycles. The van der Waals surface area contributed by atoms with Gasteiger partial charge in [0, 0.05) is 18.7 Å². The first-order valence-corrected chi connectivity index (χ1v) is 7.85. The van der Waals surface area contributed by atoms with Crippen LogP contribution in [-0.4, -0.2) is 35.7 Å². The monoisotopic (exact) mass is 315 g/mol. The molecule has 2 aromatic heterocycles. The van der Waals surface area contributed by atoms with Gasteiger partial charge in [-0.15, -0.1) is 0 Å². The highest BCUT2D eigenvalue weighted by Crippen LogP contribution is 2.26. The van der Waals surface area contributed by atoms with Crippen LogP contribution in [0.2, 0.25) is 0 Å². The smallest absolute Gasteiger partial charge is 0.323 e. The SMILES string of the molecule is CCc1ccc(C2COCCN2C(=O)Nc2cccc(C)n2)o1. The normalized spacial score (nSPS) is 18.0. The summed E-state index contributed by atoms with van der Waals surface area (Å²) in [5, 5.41) is 2.85. The number of rotatable bonds is 3. The number of aromatic nitrogens is 1. The second-order valence-electron chi connectivity index (χ2n) is 5.54. The Labute approximate surface area is 135 Å². The molecule has 1 atom stereocenters. The molecule has 1 aliphatic heterocycles. The van der Waals surface area contributed by atoms with Crippen LogP contribution in [0.4, 0.5) is 10.6 Å². The average molecular weight is 315 g/mol. The molecule has 0 spiro atoms. The highest BCUT2D eigenvalue weighted by Gasteiger charge is 2.31. The van der Waals surface area contributed by atoms with Crippen LogP contribution in [0.3, 0.4) is 0 Å². The van der Waals surface area contributed by atoms with Crippen molar-refractivity contribution in [2.75, 3.05) is 25.1 Å². The van der Waals surface area contributed by atoms with Gasteiger partial charge in [-0.2, -0.15) is 0 Å². The number of nitrogens with one attached hydrogen (secondary N) is 1. The number of pyridine rings is 1. The molecule has 23 heavy (non-hydrogen) atoms.